The molecule has 18 heavy (non-hydrogen) atoms. The summed E-state index contributed by atoms with van der Waals surface area (Å²) >= 11 is 3.31. The normalized spacial score (nSPS) is 12.6. The summed E-state index contributed by atoms with van der Waals surface area (Å²) in [5, 5.41) is 20.3. The van der Waals surface area contributed by atoms with Crippen molar-refractivity contribution in [2.45, 2.75) is 26.8 Å². The van der Waals surface area contributed by atoms with Crippen molar-refractivity contribution in [2.75, 3.05) is 0 Å². The summed E-state index contributed by atoms with van der Waals surface area (Å²) < 4.78 is 0.670. The van der Waals surface area contributed by atoms with E-state index < -0.39 is 6.09 Å². The lowest BCUT2D eigenvalue weighted by molar-refractivity contribution is 0.175. The number of amides is 1. The average Bonchev–Trinajstić information content (AvgIpc) is 2.24. The van der Waals surface area contributed by atoms with Crippen LogP contribution < -0.4 is 5.32 Å². The molecule has 1 rings (SSSR count). The van der Waals surface area contributed by atoms with E-state index in [4.69, 9.17) is 10.4 Å². The van der Waals surface area contributed by atoms with Crippen molar-refractivity contribution in [1.29, 1.82) is 5.26 Å². The maximum Gasteiger partial charge on any atom is 0.405 e. The lowest BCUT2D eigenvalue weighted by atomic mass is 9.82. The molecule has 2 N–H and O–H groups in total. The van der Waals surface area contributed by atoms with Crippen LogP contribution in [0.3, 0.4) is 0 Å². The number of nitrogens with zero attached hydrogens (tertiary/aromatic N) is 1. The van der Waals surface area contributed by atoms with E-state index in [-0.39, 0.29) is 11.5 Å². The second-order valence-electron chi connectivity index (χ2n) is 5.10. The Balaban J connectivity index is 3.18. The molecule has 4 nitrogen and oxygen atoms in total. The summed E-state index contributed by atoms with van der Waals surface area (Å²) in [5.41, 5.74) is 1.10. The van der Waals surface area contributed by atoms with E-state index >= 15 is 0 Å². The first kappa shape index (κ1) is 14.5. The Hall–Kier alpha value is -1.54. The third-order valence-electron chi connectivity index (χ3n) is 2.58. The fraction of sp³-hybridized carbons (Fsp3) is 0.385. The number of hydrogen-bond acceptors (Lipinski definition) is 2. The van der Waals surface area contributed by atoms with Crippen molar-refractivity contribution in [3.63, 3.8) is 0 Å². The van der Waals surface area contributed by atoms with Gasteiger partial charge in [-0.3, -0.25) is 0 Å². The summed E-state index contributed by atoms with van der Waals surface area (Å²) in [6.45, 7) is 5.87. The Morgan fingerprint density at radius 1 is 1.50 bits per heavy atom. The maximum absolute atomic E-state index is 10.9. The highest BCUT2D eigenvalue weighted by Gasteiger charge is 2.28. The lowest BCUT2D eigenvalue weighted by Gasteiger charge is -2.31. The summed E-state index contributed by atoms with van der Waals surface area (Å²) in [7, 11) is 0. The largest absolute Gasteiger partial charge is 0.465 e. The topological polar surface area (TPSA) is 73.1 Å². The summed E-state index contributed by atoms with van der Waals surface area (Å²) in [5.74, 6) is 0. The van der Waals surface area contributed by atoms with Crippen molar-refractivity contribution < 1.29 is 9.90 Å². The Labute approximate surface area is 115 Å². The Kier molecular flexibility index (Phi) is 4.36. The van der Waals surface area contributed by atoms with Crippen LogP contribution in [0.1, 0.15) is 37.9 Å². The van der Waals surface area contributed by atoms with Gasteiger partial charge in [0.05, 0.1) is 11.6 Å². The van der Waals surface area contributed by atoms with Gasteiger partial charge in [-0.1, -0.05) is 26.8 Å². The van der Waals surface area contributed by atoms with Crippen LogP contribution in [0.15, 0.2) is 22.7 Å². The number of carboxylic acid groups (broad SMARTS) is 1. The fourth-order valence-corrected chi connectivity index (χ4v) is 2.21. The highest BCUT2D eigenvalue weighted by molar-refractivity contribution is 9.10. The van der Waals surface area contributed by atoms with Crippen LogP contribution in [0, 0.1) is 16.7 Å². The van der Waals surface area contributed by atoms with Gasteiger partial charge < -0.3 is 10.4 Å². The second-order valence-corrected chi connectivity index (χ2v) is 5.95. The first-order valence-electron chi connectivity index (χ1n) is 5.44. The zero-order valence-electron chi connectivity index (χ0n) is 10.5. The standard InChI is InChI=1S/C13H15BrN2O2/c1-13(2,3)11(16-12(17)18)8-4-5-9(7-15)10(14)6-8/h4-6,11,16H,1-3H3,(H,17,18). The van der Waals surface area contributed by atoms with E-state index in [1.807, 2.05) is 20.8 Å². The molecule has 0 saturated heterocycles. The molecule has 96 valence electrons. The molecule has 0 spiro atoms. The summed E-state index contributed by atoms with van der Waals surface area (Å²) in [6.07, 6.45) is -1.06. The number of rotatable bonds is 2. The van der Waals surface area contributed by atoms with Crippen molar-refractivity contribution in [3.05, 3.63) is 33.8 Å². The molecule has 0 saturated carbocycles. The van der Waals surface area contributed by atoms with E-state index in [0.717, 1.165) is 5.56 Å². The summed E-state index contributed by atoms with van der Waals surface area (Å²) in [4.78, 5) is 10.9. The number of benzene rings is 1. The molecular weight excluding hydrogens is 296 g/mol. The van der Waals surface area contributed by atoms with Crippen LogP contribution >= 0.6 is 15.9 Å². The number of halogens is 1. The molecular formula is C13H15BrN2O2. The number of nitrogens with one attached hydrogen (secondary N) is 1. The minimum absolute atomic E-state index is 0.258. The molecule has 0 aliphatic carbocycles. The molecule has 1 amide bonds. The third kappa shape index (κ3) is 3.47. The molecule has 0 fully saturated rings. The van der Waals surface area contributed by atoms with Gasteiger partial charge in [0, 0.05) is 4.47 Å². The smallest absolute Gasteiger partial charge is 0.405 e. The molecule has 5 heteroatoms. The molecule has 0 aliphatic heterocycles. The predicted molar refractivity (Wildman–Crippen MR) is 72.2 cm³/mol. The number of carbonyl (C=O) groups is 1. The highest BCUT2D eigenvalue weighted by atomic mass is 79.9. The van der Waals surface area contributed by atoms with Crippen molar-refractivity contribution >= 4 is 22.0 Å². The monoisotopic (exact) mass is 310 g/mol. The van der Waals surface area contributed by atoms with E-state index in [1.165, 1.54) is 0 Å². The molecule has 1 aromatic rings. The zero-order valence-corrected chi connectivity index (χ0v) is 12.1. The van der Waals surface area contributed by atoms with Crippen LogP contribution in [0.5, 0.6) is 0 Å². The van der Waals surface area contributed by atoms with Gasteiger partial charge in [0.25, 0.3) is 0 Å². The van der Waals surface area contributed by atoms with Crippen LogP contribution in [0.25, 0.3) is 0 Å². The van der Waals surface area contributed by atoms with Gasteiger partial charge >= 0.3 is 6.09 Å². The molecule has 1 aromatic carbocycles. The van der Waals surface area contributed by atoms with Gasteiger partial charge in [0.15, 0.2) is 0 Å². The Bertz CT molecular complexity index is 501. The molecule has 0 bridgehead atoms. The molecule has 1 atom stereocenters. The van der Waals surface area contributed by atoms with Crippen molar-refractivity contribution in [1.82, 2.24) is 5.32 Å². The predicted octanol–water partition coefficient (Wildman–Crippen LogP) is 3.68. The highest BCUT2D eigenvalue weighted by Crippen LogP contribution is 2.34. The average molecular weight is 311 g/mol. The fourth-order valence-electron chi connectivity index (χ4n) is 1.72. The van der Waals surface area contributed by atoms with Crippen molar-refractivity contribution in [2.24, 2.45) is 5.41 Å². The third-order valence-corrected chi connectivity index (χ3v) is 3.24. The number of nitriles is 1. The molecule has 1 unspecified atom stereocenters. The van der Waals surface area contributed by atoms with Crippen LogP contribution in [-0.4, -0.2) is 11.2 Å². The van der Waals surface area contributed by atoms with Crippen LogP contribution in [-0.2, 0) is 0 Å². The number of hydrogen-bond donors (Lipinski definition) is 2. The van der Waals surface area contributed by atoms with Crippen molar-refractivity contribution in [3.8, 4) is 6.07 Å². The molecule has 0 radical (unpaired) electrons. The van der Waals surface area contributed by atoms with Gasteiger partial charge in [-0.25, -0.2) is 4.79 Å². The van der Waals surface area contributed by atoms with Gasteiger partial charge in [-0.05, 0) is 39.0 Å². The van der Waals surface area contributed by atoms with E-state index in [2.05, 4.69) is 27.3 Å². The quantitative estimate of drug-likeness (QED) is 0.875. The molecule has 0 aromatic heterocycles. The van der Waals surface area contributed by atoms with Crippen LogP contribution in [0.2, 0.25) is 0 Å². The molecule has 0 aliphatic rings. The SMILES string of the molecule is CC(C)(C)C(NC(=O)O)c1ccc(C#N)c(Br)c1. The van der Waals surface area contributed by atoms with E-state index in [1.54, 1.807) is 18.2 Å². The minimum atomic E-state index is -1.06. The zero-order chi connectivity index (χ0) is 13.9. The van der Waals surface area contributed by atoms with Gasteiger partial charge in [0.2, 0.25) is 0 Å². The Morgan fingerprint density at radius 3 is 2.50 bits per heavy atom. The minimum Gasteiger partial charge on any atom is -0.465 e. The summed E-state index contributed by atoms with van der Waals surface area (Å²) in [6, 6.07) is 6.96. The van der Waals surface area contributed by atoms with E-state index in [9.17, 15) is 4.79 Å². The van der Waals surface area contributed by atoms with E-state index in [0.29, 0.717) is 10.0 Å². The Morgan fingerprint density at radius 2 is 2.11 bits per heavy atom. The van der Waals surface area contributed by atoms with Gasteiger partial charge in [-0.2, -0.15) is 5.26 Å². The molecule has 0 heterocycles. The first-order chi connectivity index (χ1) is 8.25. The maximum atomic E-state index is 10.9. The van der Waals surface area contributed by atoms with Gasteiger partial charge in [0.1, 0.15) is 6.07 Å². The first-order valence-corrected chi connectivity index (χ1v) is 6.24. The van der Waals surface area contributed by atoms with Crippen LogP contribution in [0.4, 0.5) is 4.79 Å². The lowest BCUT2D eigenvalue weighted by Crippen LogP contribution is -2.35. The van der Waals surface area contributed by atoms with Gasteiger partial charge in [-0.15, -0.1) is 0 Å². The second kappa shape index (κ2) is 5.40.